The van der Waals surface area contributed by atoms with Crippen LogP contribution in [0.5, 0.6) is 5.75 Å². The number of hydrogen-bond donors (Lipinski definition) is 2. The topological polar surface area (TPSA) is 68.1 Å². The van der Waals surface area contributed by atoms with Crippen molar-refractivity contribution in [2.45, 2.75) is 56.6 Å². The van der Waals surface area contributed by atoms with Crippen molar-refractivity contribution < 1.29 is 4.74 Å². The number of ether oxygens (including phenoxy) is 1. The standard InChI is InChI=1S/C24H27ClN2O2/c1-2-22(26)24(17-6-4-3-5-7-17)11-8-18(9-12-24)29-21-14-16-10-13-27-23(28)19(16)15-20(21)25/h3-7,10,13-15,18,22H,2,8-9,11-12,26H2,1H3,(H,27,28)/t18-,22-,24-/m1/s1. The van der Waals surface area contributed by atoms with Crippen molar-refractivity contribution in [3.63, 3.8) is 0 Å². The highest BCUT2D eigenvalue weighted by atomic mass is 35.5. The Morgan fingerprint density at radius 2 is 1.93 bits per heavy atom. The molecule has 1 atom stereocenters. The molecule has 1 aliphatic rings. The molecule has 1 heterocycles. The van der Waals surface area contributed by atoms with Crippen molar-refractivity contribution in [3.8, 4) is 5.75 Å². The first-order valence-electron chi connectivity index (χ1n) is 10.3. The van der Waals surface area contributed by atoms with Gasteiger partial charge in [0.2, 0.25) is 0 Å². The molecule has 0 spiro atoms. The minimum atomic E-state index is -0.144. The molecular weight excluding hydrogens is 384 g/mol. The zero-order chi connectivity index (χ0) is 20.4. The lowest BCUT2D eigenvalue weighted by molar-refractivity contribution is 0.104. The number of hydrogen-bond acceptors (Lipinski definition) is 3. The highest BCUT2D eigenvalue weighted by molar-refractivity contribution is 6.32. The number of aromatic nitrogens is 1. The summed E-state index contributed by atoms with van der Waals surface area (Å²) >= 11 is 6.42. The van der Waals surface area contributed by atoms with E-state index in [0.717, 1.165) is 37.5 Å². The van der Waals surface area contributed by atoms with Gasteiger partial charge in [0.1, 0.15) is 5.75 Å². The van der Waals surface area contributed by atoms with Gasteiger partial charge in [0.05, 0.1) is 11.1 Å². The summed E-state index contributed by atoms with van der Waals surface area (Å²) in [7, 11) is 0. The number of halogens is 1. The van der Waals surface area contributed by atoms with E-state index in [0.29, 0.717) is 16.2 Å². The largest absolute Gasteiger partial charge is 0.489 e. The van der Waals surface area contributed by atoms with Crippen LogP contribution < -0.4 is 16.0 Å². The van der Waals surface area contributed by atoms with Crippen molar-refractivity contribution in [1.82, 2.24) is 4.98 Å². The molecule has 2 aromatic carbocycles. The normalized spacial score (nSPS) is 23.1. The molecule has 0 radical (unpaired) electrons. The molecule has 3 N–H and O–H groups in total. The van der Waals surface area contributed by atoms with E-state index in [4.69, 9.17) is 22.1 Å². The Bertz CT molecular complexity index is 1040. The van der Waals surface area contributed by atoms with Gasteiger partial charge in [-0.05, 0) is 61.3 Å². The molecule has 0 aliphatic heterocycles. The van der Waals surface area contributed by atoms with Gasteiger partial charge in [-0.15, -0.1) is 0 Å². The third kappa shape index (κ3) is 3.79. The van der Waals surface area contributed by atoms with Crippen molar-refractivity contribution in [1.29, 1.82) is 0 Å². The van der Waals surface area contributed by atoms with Crippen LogP contribution in [0.15, 0.2) is 59.5 Å². The van der Waals surface area contributed by atoms with E-state index < -0.39 is 0 Å². The van der Waals surface area contributed by atoms with Crippen LogP contribution in [-0.4, -0.2) is 17.1 Å². The molecule has 3 aromatic rings. The second-order valence-corrected chi connectivity index (χ2v) is 8.44. The molecule has 29 heavy (non-hydrogen) atoms. The minimum Gasteiger partial charge on any atom is -0.489 e. The summed E-state index contributed by atoms with van der Waals surface area (Å²) in [6.07, 6.45) is 6.50. The lowest BCUT2D eigenvalue weighted by atomic mass is 9.64. The number of H-pyrrole nitrogens is 1. The summed E-state index contributed by atoms with van der Waals surface area (Å²) in [5.74, 6) is 0.641. The van der Waals surface area contributed by atoms with Gasteiger partial charge in [0.25, 0.3) is 5.56 Å². The van der Waals surface area contributed by atoms with E-state index in [1.54, 1.807) is 12.3 Å². The maximum absolute atomic E-state index is 12.0. The van der Waals surface area contributed by atoms with Crippen molar-refractivity contribution in [3.05, 3.63) is 75.7 Å². The molecule has 4 nitrogen and oxygen atoms in total. The first-order chi connectivity index (χ1) is 14.0. The Labute approximate surface area is 176 Å². The number of benzene rings is 2. The maximum Gasteiger partial charge on any atom is 0.255 e. The van der Waals surface area contributed by atoms with Gasteiger partial charge in [-0.3, -0.25) is 4.79 Å². The summed E-state index contributed by atoms with van der Waals surface area (Å²) in [5.41, 5.74) is 7.80. The van der Waals surface area contributed by atoms with Crippen LogP contribution in [0.1, 0.15) is 44.6 Å². The van der Waals surface area contributed by atoms with Crippen molar-refractivity contribution in [2.75, 3.05) is 0 Å². The average molecular weight is 411 g/mol. The number of fused-ring (bicyclic) bond motifs is 1. The summed E-state index contributed by atoms with van der Waals surface area (Å²) in [6.45, 7) is 2.16. The molecule has 0 unspecified atom stereocenters. The Hall–Kier alpha value is -2.30. The fraction of sp³-hybridized carbons (Fsp3) is 0.375. The minimum absolute atomic E-state index is 0.00363. The first-order valence-corrected chi connectivity index (χ1v) is 10.7. The molecule has 152 valence electrons. The Morgan fingerprint density at radius 1 is 1.21 bits per heavy atom. The van der Waals surface area contributed by atoms with Crippen molar-refractivity contribution >= 4 is 22.4 Å². The number of aromatic amines is 1. The van der Waals surface area contributed by atoms with Gasteiger partial charge in [-0.25, -0.2) is 0 Å². The molecule has 1 saturated carbocycles. The molecule has 5 heteroatoms. The quantitative estimate of drug-likeness (QED) is 0.609. The van der Waals surface area contributed by atoms with E-state index >= 15 is 0 Å². The maximum atomic E-state index is 12.0. The molecule has 1 fully saturated rings. The third-order valence-electron chi connectivity index (χ3n) is 6.44. The predicted molar refractivity (Wildman–Crippen MR) is 119 cm³/mol. The van der Waals surface area contributed by atoms with Crippen molar-refractivity contribution in [2.24, 2.45) is 5.73 Å². The van der Waals surface area contributed by atoms with E-state index in [1.165, 1.54) is 5.56 Å². The Morgan fingerprint density at radius 3 is 2.62 bits per heavy atom. The van der Waals surface area contributed by atoms with E-state index in [2.05, 4.69) is 42.2 Å². The second-order valence-electron chi connectivity index (χ2n) is 8.03. The molecule has 1 aromatic heterocycles. The lowest BCUT2D eigenvalue weighted by Gasteiger charge is -2.44. The number of rotatable bonds is 5. The Balaban J connectivity index is 1.54. The summed E-state index contributed by atoms with van der Waals surface area (Å²) < 4.78 is 6.29. The molecular formula is C24H27ClN2O2. The van der Waals surface area contributed by atoms with E-state index in [-0.39, 0.29) is 23.1 Å². The van der Waals surface area contributed by atoms with Gasteiger partial charge in [-0.2, -0.15) is 0 Å². The van der Waals surface area contributed by atoms with Crippen LogP contribution in [-0.2, 0) is 5.41 Å². The monoisotopic (exact) mass is 410 g/mol. The van der Waals surface area contributed by atoms with E-state index in [1.807, 2.05) is 12.1 Å². The van der Waals surface area contributed by atoms with Gasteiger partial charge >= 0.3 is 0 Å². The number of nitrogens with two attached hydrogens (primary N) is 1. The average Bonchev–Trinajstić information content (AvgIpc) is 2.76. The molecule has 1 aliphatic carbocycles. The summed E-state index contributed by atoms with van der Waals surface area (Å²) in [4.78, 5) is 14.6. The molecule has 4 rings (SSSR count). The molecule has 0 saturated heterocycles. The highest BCUT2D eigenvalue weighted by Gasteiger charge is 2.41. The van der Waals surface area contributed by atoms with Crippen LogP contribution in [0.2, 0.25) is 5.02 Å². The van der Waals surface area contributed by atoms with Crippen LogP contribution in [0.3, 0.4) is 0 Å². The summed E-state index contributed by atoms with van der Waals surface area (Å²) in [6, 6.07) is 16.2. The summed E-state index contributed by atoms with van der Waals surface area (Å²) in [5, 5.41) is 1.88. The predicted octanol–water partition coefficient (Wildman–Crippen LogP) is 5.18. The van der Waals surface area contributed by atoms with E-state index in [9.17, 15) is 4.79 Å². The Kier molecular flexibility index (Phi) is 5.66. The fourth-order valence-corrected chi connectivity index (χ4v) is 4.93. The molecule has 0 bridgehead atoms. The second kappa shape index (κ2) is 8.21. The number of nitrogens with one attached hydrogen (secondary N) is 1. The first kappa shape index (κ1) is 20.0. The highest BCUT2D eigenvalue weighted by Crippen LogP contribution is 2.44. The zero-order valence-corrected chi connectivity index (χ0v) is 17.4. The lowest BCUT2D eigenvalue weighted by Crippen LogP contribution is -2.48. The van der Waals surface area contributed by atoms with Crippen LogP contribution in [0, 0.1) is 0 Å². The zero-order valence-electron chi connectivity index (χ0n) is 16.7. The third-order valence-corrected chi connectivity index (χ3v) is 6.74. The van der Waals surface area contributed by atoms with Gasteiger partial charge in [0.15, 0.2) is 0 Å². The SMILES string of the molecule is CC[C@@H](N)[C@]1(c2ccccc2)CC[C@@H](Oc2cc3cc[nH]c(=O)c3cc2Cl)CC1. The molecule has 0 amide bonds. The van der Waals surface area contributed by atoms with Gasteiger partial charge in [0, 0.05) is 23.0 Å². The number of pyridine rings is 1. The van der Waals surface area contributed by atoms with Crippen LogP contribution in [0.4, 0.5) is 0 Å². The van der Waals surface area contributed by atoms with Gasteiger partial charge < -0.3 is 15.5 Å². The fourth-order valence-electron chi connectivity index (χ4n) is 4.72. The van der Waals surface area contributed by atoms with Gasteiger partial charge in [-0.1, -0.05) is 48.9 Å². The van der Waals surface area contributed by atoms with Crippen LogP contribution >= 0.6 is 11.6 Å². The smallest absolute Gasteiger partial charge is 0.255 e. The van der Waals surface area contributed by atoms with Crippen LogP contribution in [0.25, 0.3) is 10.8 Å².